The van der Waals surface area contributed by atoms with Crippen LogP contribution in [-0.4, -0.2) is 62.8 Å². The molecule has 26 heavy (non-hydrogen) atoms. The number of aromatic nitrogens is 2. The standard InChI is InChI=1S/C16H18N4O6/c1-23-13(21)9-11(16(22)24-2)17-10-3-4-12(15-14(10)18-26-19-15)20-5-7-25-8-6-20/h3-4,9,17H,5-8H2,1-2H3/b11-9+. The molecule has 1 aromatic carbocycles. The van der Waals surface area contributed by atoms with Gasteiger partial charge in [-0.25, -0.2) is 14.2 Å². The quantitative estimate of drug-likeness (QED) is 0.602. The predicted octanol–water partition coefficient (Wildman–Crippen LogP) is 0.701. The van der Waals surface area contributed by atoms with Crippen molar-refractivity contribution in [3.05, 3.63) is 23.9 Å². The molecule has 2 aromatic rings. The van der Waals surface area contributed by atoms with Crippen molar-refractivity contribution in [2.75, 3.05) is 50.7 Å². The molecule has 1 saturated heterocycles. The fraction of sp³-hybridized carbons (Fsp3) is 0.375. The lowest BCUT2D eigenvalue weighted by atomic mass is 10.2. The lowest BCUT2D eigenvalue weighted by molar-refractivity contribution is -0.138. The molecule has 138 valence electrons. The normalized spacial score (nSPS) is 15.0. The molecule has 0 aliphatic carbocycles. The average molecular weight is 362 g/mol. The summed E-state index contributed by atoms with van der Waals surface area (Å²) in [5.74, 6) is -1.42. The van der Waals surface area contributed by atoms with Crippen LogP contribution in [-0.2, 0) is 23.8 Å². The van der Waals surface area contributed by atoms with E-state index in [-0.39, 0.29) is 5.70 Å². The van der Waals surface area contributed by atoms with Gasteiger partial charge in [0.25, 0.3) is 0 Å². The maximum Gasteiger partial charge on any atom is 0.354 e. The summed E-state index contributed by atoms with van der Waals surface area (Å²) >= 11 is 0. The first kappa shape index (κ1) is 17.7. The summed E-state index contributed by atoms with van der Waals surface area (Å²) in [6.07, 6.45) is 1.00. The number of nitrogens with one attached hydrogen (secondary N) is 1. The van der Waals surface area contributed by atoms with E-state index in [1.165, 1.54) is 14.2 Å². The lowest BCUT2D eigenvalue weighted by Gasteiger charge is -2.28. The fourth-order valence-electron chi connectivity index (χ4n) is 2.59. The zero-order valence-electron chi connectivity index (χ0n) is 14.4. The van der Waals surface area contributed by atoms with Crippen LogP contribution in [0, 0.1) is 0 Å². The number of carbonyl (C=O) groups excluding carboxylic acids is 2. The molecule has 1 aliphatic heterocycles. The number of nitrogens with zero attached hydrogens (tertiary/aromatic N) is 3. The SMILES string of the molecule is COC(=O)/C=C(/Nc1ccc(N2CCOCC2)c2nonc12)C(=O)OC. The third-order valence-electron chi connectivity index (χ3n) is 3.88. The molecule has 3 rings (SSSR count). The largest absolute Gasteiger partial charge is 0.466 e. The Morgan fingerprint density at radius 3 is 2.58 bits per heavy atom. The summed E-state index contributed by atoms with van der Waals surface area (Å²) in [7, 11) is 2.43. The number of carbonyl (C=O) groups is 2. The van der Waals surface area contributed by atoms with Gasteiger partial charge in [-0.15, -0.1) is 0 Å². The first-order chi connectivity index (χ1) is 12.6. The van der Waals surface area contributed by atoms with E-state index in [0.29, 0.717) is 29.9 Å². The maximum atomic E-state index is 11.9. The Morgan fingerprint density at radius 2 is 1.88 bits per heavy atom. The molecule has 2 heterocycles. The minimum Gasteiger partial charge on any atom is -0.466 e. The van der Waals surface area contributed by atoms with E-state index < -0.39 is 11.9 Å². The Kier molecular flexibility index (Phi) is 5.32. The van der Waals surface area contributed by atoms with Crippen molar-refractivity contribution in [1.29, 1.82) is 0 Å². The van der Waals surface area contributed by atoms with Gasteiger partial charge in [0.15, 0.2) is 11.0 Å². The number of fused-ring (bicyclic) bond motifs is 1. The first-order valence-electron chi connectivity index (χ1n) is 7.87. The first-order valence-corrected chi connectivity index (χ1v) is 7.87. The Labute approximate surface area is 148 Å². The van der Waals surface area contributed by atoms with Gasteiger partial charge in [-0.05, 0) is 22.4 Å². The molecule has 0 radical (unpaired) electrons. The number of benzene rings is 1. The zero-order valence-corrected chi connectivity index (χ0v) is 14.4. The molecule has 1 aromatic heterocycles. The van der Waals surface area contributed by atoms with Crippen molar-refractivity contribution in [3.8, 4) is 0 Å². The monoisotopic (exact) mass is 362 g/mol. The molecule has 10 heteroatoms. The van der Waals surface area contributed by atoms with Gasteiger partial charge in [-0.2, -0.15) is 0 Å². The summed E-state index contributed by atoms with van der Waals surface area (Å²) in [6.45, 7) is 2.71. The van der Waals surface area contributed by atoms with Crippen molar-refractivity contribution in [3.63, 3.8) is 0 Å². The van der Waals surface area contributed by atoms with E-state index in [9.17, 15) is 9.59 Å². The van der Waals surface area contributed by atoms with Gasteiger partial charge in [0.05, 0.1) is 44.9 Å². The van der Waals surface area contributed by atoms with Crippen LogP contribution in [0.15, 0.2) is 28.5 Å². The highest BCUT2D eigenvalue weighted by molar-refractivity contribution is 6.02. The van der Waals surface area contributed by atoms with Gasteiger partial charge < -0.3 is 24.4 Å². The third-order valence-corrected chi connectivity index (χ3v) is 3.88. The molecule has 1 fully saturated rings. The number of morpholine rings is 1. The molecular weight excluding hydrogens is 344 g/mol. The molecule has 0 unspecified atom stereocenters. The summed E-state index contributed by atoms with van der Waals surface area (Å²) in [4.78, 5) is 25.5. The number of rotatable bonds is 5. The van der Waals surface area contributed by atoms with Crippen molar-refractivity contribution in [2.45, 2.75) is 0 Å². The second kappa shape index (κ2) is 7.83. The summed E-state index contributed by atoms with van der Waals surface area (Å²) in [5, 5.41) is 10.7. The molecule has 10 nitrogen and oxygen atoms in total. The van der Waals surface area contributed by atoms with Crippen LogP contribution in [0.3, 0.4) is 0 Å². The maximum absolute atomic E-state index is 11.9. The second-order valence-electron chi connectivity index (χ2n) is 5.39. The van der Waals surface area contributed by atoms with Crippen LogP contribution < -0.4 is 10.2 Å². The smallest absolute Gasteiger partial charge is 0.354 e. The topological polar surface area (TPSA) is 116 Å². The number of anilines is 2. The van der Waals surface area contributed by atoms with E-state index in [1.807, 2.05) is 6.07 Å². The Hall–Kier alpha value is -3.14. The number of hydrogen-bond acceptors (Lipinski definition) is 10. The van der Waals surface area contributed by atoms with E-state index in [4.69, 9.17) is 9.37 Å². The van der Waals surface area contributed by atoms with Gasteiger partial charge in [0.1, 0.15) is 5.70 Å². The van der Waals surface area contributed by atoms with Crippen molar-refractivity contribution < 1.29 is 28.4 Å². The predicted molar refractivity (Wildman–Crippen MR) is 90.6 cm³/mol. The number of hydrogen-bond donors (Lipinski definition) is 1. The van der Waals surface area contributed by atoms with Gasteiger partial charge >= 0.3 is 11.9 Å². The molecule has 1 N–H and O–H groups in total. The highest BCUT2D eigenvalue weighted by atomic mass is 16.6. The molecule has 0 saturated carbocycles. The average Bonchev–Trinajstić information content (AvgIpc) is 3.17. The highest BCUT2D eigenvalue weighted by Gasteiger charge is 2.21. The third kappa shape index (κ3) is 3.59. The highest BCUT2D eigenvalue weighted by Crippen LogP contribution is 2.31. The van der Waals surface area contributed by atoms with E-state index in [1.54, 1.807) is 6.07 Å². The minimum absolute atomic E-state index is 0.0947. The van der Waals surface area contributed by atoms with E-state index in [0.717, 1.165) is 24.9 Å². The molecule has 1 aliphatic rings. The molecular formula is C16H18N4O6. The Morgan fingerprint density at radius 1 is 1.15 bits per heavy atom. The van der Waals surface area contributed by atoms with Crippen molar-refractivity contribution >= 4 is 34.3 Å². The molecule has 0 atom stereocenters. The van der Waals surface area contributed by atoms with Crippen LogP contribution in [0.5, 0.6) is 0 Å². The summed E-state index contributed by atoms with van der Waals surface area (Å²) in [5.41, 5.74) is 2.17. The van der Waals surface area contributed by atoms with Gasteiger partial charge in [0, 0.05) is 13.1 Å². The van der Waals surface area contributed by atoms with Crippen LogP contribution in [0.2, 0.25) is 0 Å². The van der Waals surface area contributed by atoms with E-state index in [2.05, 4.69) is 30.0 Å². The Balaban J connectivity index is 1.95. The van der Waals surface area contributed by atoms with Crippen LogP contribution in [0.4, 0.5) is 11.4 Å². The van der Waals surface area contributed by atoms with Crippen LogP contribution in [0.1, 0.15) is 0 Å². The molecule has 0 spiro atoms. The van der Waals surface area contributed by atoms with Gasteiger partial charge in [-0.3, -0.25) is 0 Å². The molecule has 0 amide bonds. The number of ether oxygens (including phenoxy) is 3. The minimum atomic E-state index is -0.725. The zero-order chi connectivity index (χ0) is 18.5. The van der Waals surface area contributed by atoms with Crippen molar-refractivity contribution in [2.24, 2.45) is 0 Å². The van der Waals surface area contributed by atoms with E-state index >= 15 is 0 Å². The van der Waals surface area contributed by atoms with Gasteiger partial charge in [0.2, 0.25) is 0 Å². The number of esters is 2. The molecule has 0 bridgehead atoms. The fourth-order valence-corrected chi connectivity index (χ4v) is 2.59. The second-order valence-corrected chi connectivity index (χ2v) is 5.39. The summed E-state index contributed by atoms with van der Waals surface area (Å²) < 4.78 is 19.5. The lowest BCUT2D eigenvalue weighted by Crippen LogP contribution is -2.36. The number of methoxy groups -OCH3 is 2. The summed E-state index contributed by atoms with van der Waals surface area (Å²) in [6, 6.07) is 3.57. The van der Waals surface area contributed by atoms with Crippen molar-refractivity contribution in [1.82, 2.24) is 10.3 Å². The Bertz CT molecular complexity index is 840. The van der Waals surface area contributed by atoms with Gasteiger partial charge in [-0.1, -0.05) is 0 Å². The van der Waals surface area contributed by atoms with Crippen LogP contribution in [0.25, 0.3) is 11.0 Å². The van der Waals surface area contributed by atoms with Crippen LogP contribution >= 0.6 is 0 Å².